The van der Waals surface area contributed by atoms with Gasteiger partial charge in [-0.05, 0) is 24.5 Å². The Morgan fingerprint density at radius 1 is 1.24 bits per heavy atom. The van der Waals surface area contributed by atoms with Gasteiger partial charge in [0.1, 0.15) is 0 Å². The lowest BCUT2D eigenvalue weighted by Gasteiger charge is -2.21. The summed E-state index contributed by atoms with van der Waals surface area (Å²) in [5.74, 6) is 1.32. The number of aliphatic imine (C=N–C) groups is 1. The zero-order valence-electron chi connectivity index (χ0n) is 16.8. The third-order valence-corrected chi connectivity index (χ3v) is 4.92. The van der Waals surface area contributed by atoms with Gasteiger partial charge in [-0.1, -0.05) is 42.5 Å². The normalized spacial score (nSPS) is 16.8. The first-order valence-corrected chi connectivity index (χ1v) is 10.0. The van der Waals surface area contributed by atoms with Gasteiger partial charge in [-0.15, -0.1) is 0 Å². The summed E-state index contributed by atoms with van der Waals surface area (Å²) in [5.41, 5.74) is 2.12. The third-order valence-electron chi connectivity index (χ3n) is 4.92. The topological polar surface area (TPSA) is 80.0 Å². The molecule has 154 valence electrons. The third kappa shape index (κ3) is 6.29. The van der Waals surface area contributed by atoms with Gasteiger partial charge in [0.25, 0.3) is 5.69 Å². The van der Waals surface area contributed by atoms with Crippen molar-refractivity contribution in [3.8, 4) is 0 Å². The summed E-state index contributed by atoms with van der Waals surface area (Å²) < 4.78 is 5.91. The minimum absolute atomic E-state index is 0.0968. The van der Waals surface area contributed by atoms with Crippen molar-refractivity contribution in [3.05, 3.63) is 75.8 Å². The van der Waals surface area contributed by atoms with Crippen LogP contribution in [0.2, 0.25) is 0 Å². The Morgan fingerprint density at radius 3 is 2.79 bits per heavy atom. The van der Waals surface area contributed by atoms with Gasteiger partial charge < -0.3 is 15.0 Å². The van der Waals surface area contributed by atoms with E-state index in [1.807, 2.05) is 31.2 Å². The molecule has 1 aliphatic heterocycles. The summed E-state index contributed by atoms with van der Waals surface area (Å²) in [4.78, 5) is 17.5. The first-order chi connectivity index (χ1) is 14.2. The molecule has 0 bridgehead atoms. The van der Waals surface area contributed by atoms with E-state index in [1.165, 1.54) is 11.6 Å². The van der Waals surface area contributed by atoms with Crippen LogP contribution in [0.4, 0.5) is 5.69 Å². The van der Waals surface area contributed by atoms with Crippen molar-refractivity contribution in [1.82, 2.24) is 10.2 Å². The number of hydrogen-bond donors (Lipinski definition) is 1. The van der Waals surface area contributed by atoms with Gasteiger partial charge in [-0.3, -0.25) is 10.1 Å². The molecule has 0 radical (unpaired) electrons. The summed E-state index contributed by atoms with van der Waals surface area (Å²) in [6, 6.07) is 16.8. The van der Waals surface area contributed by atoms with Crippen molar-refractivity contribution in [2.45, 2.75) is 26.5 Å². The molecule has 0 saturated carbocycles. The SMILES string of the molecule is CCNC(=NCc1cccc([N+](=O)[O-])c1)N1CCC(COCc2ccccc2)C1. The Bertz CT molecular complexity index is 826. The molecular formula is C22H28N4O3. The molecule has 1 heterocycles. The minimum atomic E-state index is -0.376. The van der Waals surface area contributed by atoms with Gasteiger partial charge >= 0.3 is 0 Å². The Hall–Kier alpha value is -2.93. The maximum atomic E-state index is 11.0. The number of rotatable bonds is 8. The van der Waals surface area contributed by atoms with E-state index >= 15 is 0 Å². The van der Waals surface area contributed by atoms with Crippen LogP contribution in [0.1, 0.15) is 24.5 Å². The zero-order chi connectivity index (χ0) is 20.5. The lowest BCUT2D eigenvalue weighted by Crippen LogP contribution is -2.40. The van der Waals surface area contributed by atoms with E-state index in [2.05, 4.69) is 22.3 Å². The monoisotopic (exact) mass is 396 g/mol. The quantitative estimate of drug-likeness (QED) is 0.319. The molecule has 1 fully saturated rings. The Kier molecular flexibility index (Phi) is 7.58. The maximum absolute atomic E-state index is 11.0. The van der Waals surface area contributed by atoms with Crippen LogP contribution < -0.4 is 5.32 Å². The van der Waals surface area contributed by atoms with Gasteiger partial charge in [-0.2, -0.15) is 0 Å². The number of benzene rings is 2. The van der Waals surface area contributed by atoms with E-state index in [9.17, 15) is 10.1 Å². The molecule has 3 rings (SSSR count). The van der Waals surface area contributed by atoms with Gasteiger partial charge in [0.15, 0.2) is 5.96 Å². The molecule has 29 heavy (non-hydrogen) atoms. The highest BCUT2D eigenvalue weighted by molar-refractivity contribution is 5.80. The molecule has 1 saturated heterocycles. The van der Waals surface area contributed by atoms with Crippen molar-refractivity contribution >= 4 is 11.6 Å². The number of nitrogens with one attached hydrogen (secondary N) is 1. The number of hydrogen-bond acceptors (Lipinski definition) is 4. The molecule has 1 unspecified atom stereocenters. The highest BCUT2D eigenvalue weighted by Gasteiger charge is 2.25. The van der Waals surface area contributed by atoms with Crippen LogP contribution in [0, 0.1) is 16.0 Å². The van der Waals surface area contributed by atoms with Crippen molar-refractivity contribution < 1.29 is 9.66 Å². The van der Waals surface area contributed by atoms with Gasteiger partial charge in [0, 0.05) is 37.7 Å². The van der Waals surface area contributed by atoms with Crippen LogP contribution in [0.25, 0.3) is 0 Å². The molecule has 0 amide bonds. The molecule has 1 aliphatic rings. The van der Waals surface area contributed by atoms with E-state index in [0.29, 0.717) is 19.1 Å². The number of nitro benzene ring substituents is 1. The molecule has 7 heteroatoms. The Morgan fingerprint density at radius 2 is 2.03 bits per heavy atom. The van der Waals surface area contributed by atoms with Crippen LogP contribution in [0.15, 0.2) is 59.6 Å². The molecule has 1 N–H and O–H groups in total. The maximum Gasteiger partial charge on any atom is 0.269 e. The van der Waals surface area contributed by atoms with E-state index in [-0.39, 0.29) is 10.6 Å². The minimum Gasteiger partial charge on any atom is -0.376 e. The Balaban J connectivity index is 1.53. The fraction of sp³-hybridized carbons (Fsp3) is 0.409. The molecule has 2 aromatic carbocycles. The zero-order valence-corrected chi connectivity index (χ0v) is 16.8. The fourth-order valence-electron chi connectivity index (χ4n) is 3.44. The predicted octanol–water partition coefficient (Wildman–Crippen LogP) is 3.60. The Labute approximate surface area is 171 Å². The lowest BCUT2D eigenvalue weighted by molar-refractivity contribution is -0.384. The summed E-state index contributed by atoms with van der Waals surface area (Å²) in [6.45, 7) is 6.43. The van der Waals surface area contributed by atoms with Gasteiger partial charge in [-0.25, -0.2) is 4.99 Å². The molecular weight excluding hydrogens is 368 g/mol. The second kappa shape index (κ2) is 10.6. The van der Waals surface area contributed by atoms with E-state index < -0.39 is 0 Å². The second-order valence-electron chi connectivity index (χ2n) is 7.20. The van der Waals surface area contributed by atoms with Gasteiger partial charge in [0.2, 0.25) is 0 Å². The number of guanidine groups is 1. The fourth-order valence-corrected chi connectivity index (χ4v) is 3.44. The number of ether oxygens (including phenoxy) is 1. The van der Waals surface area contributed by atoms with Crippen LogP contribution in [0.3, 0.4) is 0 Å². The molecule has 2 aromatic rings. The van der Waals surface area contributed by atoms with Crippen LogP contribution in [0.5, 0.6) is 0 Å². The van der Waals surface area contributed by atoms with Crippen molar-refractivity contribution in [2.24, 2.45) is 10.9 Å². The summed E-state index contributed by atoms with van der Waals surface area (Å²) >= 11 is 0. The number of nitrogens with zero attached hydrogens (tertiary/aromatic N) is 3. The van der Waals surface area contributed by atoms with Crippen LogP contribution in [-0.2, 0) is 17.9 Å². The smallest absolute Gasteiger partial charge is 0.269 e. The lowest BCUT2D eigenvalue weighted by atomic mass is 10.1. The summed E-state index contributed by atoms with van der Waals surface area (Å²) in [5, 5.41) is 14.3. The van der Waals surface area contributed by atoms with Gasteiger partial charge in [0.05, 0.1) is 24.7 Å². The molecule has 0 aromatic heterocycles. The van der Waals surface area contributed by atoms with E-state index in [1.54, 1.807) is 12.1 Å². The standard InChI is InChI=1S/C22H28N4O3/c1-2-23-22(24-14-19-9-6-10-21(13-19)26(27)28)25-12-11-20(15-25)17-29-16-18-7-4-3-5-8-18/h3-10,13,20H,2,11-12,14-17H2,1H3,(H,23,24). The molecule has 7 nitrogen and oxygen atoms in total. The number of likely N-dealkylation sites (tertiary alicyclic amines) is 1. The average molecular weight is 396 g/mol. The molecule has 0 spiro atoms. The van der Waals surface area contributed by atoms with E-state index in [4.69, 9.17) is 9.73 Å². The largest absolute Gasteiger partial charge is 0.376 e. The van der Waals surface area contributed by atoms with Crippen molar-refractivity contribution in [1.29, 1.82) is 0 Å². The van der Waals surface area contributed by atoms with Crippen molar-refractivity contribution in [3.63, 3.8) is 0 Å². The molecule has 0 aliphatic carbocycles. The second-order valence-corrected chi connectivity index (χ2v) is 7.20. The highest BCUT2D eigenvalue weighted by Crippen LogP contribution is 2.18. The molecule has 1 atom stereocenters. The highest BCUT2D eigenvalue weighted by atomic mass is 16.6. The van der Waals surface area contributed by atoms with Crippen LogP contribution >= 0.6 is 0 Å². The van der Waals surface area contributed by atoms with Crippen LogP contribution in [-0.4, -0.2) is 42.0 Å². The number of non-ortho nitro benzene ring substituents is 1. The summed E-state index contributed by atoms with van der Waals surface area (Å²) in [7, 11) is 0. The number of nitro groups is 1. The summed E-state index contributed by atoms with van der Waals surface area (Å²) in [6.07, 6.45) is 1.07. The predicted molar refractivity (Wildman–Crippen MR) is 114 cm³/mol. The first-order valence-electron chi connectivity index (χ1n) is 10.0. The average Bonchev–Trinajstić information content (AvgIpc) is 3.21. The first kappa shape index (κ1) is 20.8. The van der Waals surface area contributed by atoms with Crippen molar-refractivity contribution in [2.75, 3.05) is 26.2 Å². The van der Waals surface area contributed by atoms with E-state index in [0.717, 1.165) is 44.2 Å².